The molecule has 132 valence electrons. The van der Waals surface area contributed by atoms with E-state index in [0.717, 1.165) is 12.8 Å². The minimum absolute atomic E-state index is 0.437. The van der Waals surface area contributed by atoms with Crippen LogP contribution in [0.3, 0.4) is 0 Å². The van der Waals surface area contributed by atoms with Gasteiger partial charge in [-0.3, -0.25) is 4.90 Å². The number of hydrogen-bond donors (Lipinski definition) is 1. The molecular weight excluding hydrogens is 306 g/mol. The minimum atomic E-state index is -1.14. The topological polar surface area (TPSA) is 66.8 Å². The van der Waals surface area contributed by atoms with Crippen LogP contribution < -0.4 is 0 Å². The smallest absolute Gasteiger partial charge is 0.411 e. The fourth-order valence-corrected chi connectivity index (χ4v) is 3.28. The fraction of sp³-hybridized carbons (Fsp3) is 0.579. The van der Waals surface area contributed by atoms with Gasteiger partial charge >= 0.3 is 12.1 Å². The molecule has 0 radical (unpaired) electrons. The third kappa shape index (κ3) is 4.28. The molecule has 1 saturated heterocycles. The van der Waals surface area contributed by atoms with Crippen LogP contribution in [0.15, 0.2) is 30.3 Å². The van der Waals surface area contributed by atoms with Crippen molar-refractivity contribution >= 4 is 12.1 Å². The molecule has 1 N–H and O–H groups in total. The highest BCUT2D eigenvalue weighted by Gasteiger charge is 2.50. The van der Waals surface area contributed by atoms with Crippen molar-refractivity contribution in [2.75, 3.05) is 6.54 Å². The van der Waals surface area contributed by atoms with E-state index in [4.69, 9.17) is 4.74 Å². The van der Waals surface area contributed by atoms with Crippen molar-refractivity contribution in [1.82, 2.24) is 4.90 Å². The molecule has 1 heterocycles. The maximum atomic E-state index is 12.5. The molecule has 5 heteroatoms. The van der Waals surface area contributed by atoms with Crippen LogP contribution in [0.4, 0.5) is 4.79 Å². The third-order valence-electron chi connectivity index (χ3n) is 4.40. The number of nitrogens with zero attached hydrogens (tertiary/aromatic N) is 1. The summed E-state index contributed by atoms with van der Waals surface area (Å²) in [7, 11) is 0. The zero-order valence-electron chi connectivity index (χ0n) is 14.7. The van der Waals surface area contributed by atoms with Gasteiger partial charge in [0, 0.05) is 6.54 Å². The van der Waals surface area contributed by atoms with Crippen LogP contribution in [0.25, 0.3) is 0 Å². The number of ether oxygens (including phenoxy) is 1. The van der Waals surface area contributed by atoms with Gasteiger partial charge in [-0.15, -0.1) is 0 Å². The van der Waals surface area contributed by atoms with Crippen LogP contribution in [-0.2, 0) is 16.0 Å². The summed E-state index contributed by atoms with van der Waals surface area (Å²) in [6, 6.07) is 9.99. The summed E-state index contributed by atoms with van der Waals surface area (Å²) >= 11 is 0. The fourth-order valence-electron chi connectivity index (χ4n) is 3.28. The van der Waals surface area contributed by atoms with Gasteiger partial charge in [-0.2, -0.15) is 0 Å². The lowest BCUT2D eigenvalue weighted by Crippen LogP contribution is -2.54. The number of aryl methyl sites for hydroxylation is 1. The van der Waals surface area contributed by atoms with Gasteiger partial charge in [0.25, 0.3) is 0 Å². The van der Waals surface area contributed by atoms with Crippen molar-refractivity contribution < 1.29 is 19.4 Å². The molecule has 1 atom stereocenters. The van der Waals surface area contributed by atoms with Gasteiger partial charge < -0.3 is 9.84 Å². The van der Waals surface area contributed by atoms with Gasteiger partial charge in [0.2, 0.25) is 0 Å². The summed E-state index contributed by atoms with van der Waals surface area (Å²) in [5.41, 5.74) is -0.592. The molecule has 1 aliphatic rings. The lowest BCUT2D eigenvalue weighted by atomic mass is 9.89. The van der Waals surface area contributed by atoms with Crippen LogP contribution in [0.2, 0.25) is 0 Å². The molecule has 1 amide bonds. The molecule has 2 rings (SSSR count). The predicted octanol–water partition coefficient (Wildman–Crippen LogP) is 3.86. The van der Waals surface area contributed by atoms with Crippen molar-refractivity contribution in [3.05, 3.63) is 35.9 Å². The Morgan fingerprint density at radius 3 is 2.50 bits per heavy atom. The first-order valence-electron chi connectivity index (χ1n) is 8.52. The molecule has 1 aliphatic heterocycles. The Hall–Kier alpha value is -2.04. The molecule has 0 aromatic heterocycles. The number of benzene rings is 1. The average Bonchev–Trinajstić information content (AvgIpc) is 2.92. The summed E-state index contributed by atoms with van der Waals surface area (Å²) in [6.45, 7) is 5.81. The van der Waals surface area contributed by atoms with Gasteiger partial charge in [-0.05, 0) is 58.4 Å². The first-order valence-corrected chi connectivity index (χ1v) is 8.52. The number of carboxylic acid groups (broad SMARTS) is 1. The van der Waals surface area contributed by atoms with E-state index in [1.165, 1.54) is 10.5 Å². The first kappa shape index (κ1) is 18.3. The van der Waals surface area contributed by atoms with Crippen LogP contribution in [0, 0.1) is 0 Å². The van der Waals surface area contributed by atoms with Crippen LogP contribution in [0.1, 0.15) is 52.0 Å². The Bertz CT molecular complexity index is 579. The summed E-state index contributed by atoms with van der Waals surface area (Å²) in [6.07, 6.45) is 2.61. The molecule has 0 spiro atoms. The normalized spacial score (nSPS) is 20.9. The molecule has 1 aromatic carbocycles. The number of amides is 1. The summed E-state index contributed by atoms with van der Waals surface area (Å²) in [5, 5.41) is 9.83. The molecule has 0 bridgehead atoms. The largest absolute Gasteiger partial charge is 0.479 e. The number of carbonyl (C=O) groups is 2. The zero-order valence-corrected chi connectivity index (χ0v) is 14.7. The quantitative estimate of drug-likeness (QED) is 0.888. The maximum Gasteiger partial charge on any atom is 0.411 e. The van der Waals surface area contributed by atoms with Crippen molar-refractivity contribution in [2.24, 2.45) is 0 Å². The lowest BCUT2D eigenvalue weighted by Gasteiger charge is -2.36. The third-order valence-corrected chi connectivity index (χ3v) is 4.40. The van der Waals surface area contributed by atoms with Gasteiger partial charge in [0.1, 0.15) is 11.1 Å². The first-order chi connectivity index (χ1) is 11.2. The standard InChI is InChI=1S/C19H27NO4/c1-18(2,3)24-17(23)20-14-8-13-19(20,16(21)22)12-7-11-15-9-5-4-6-10-15/h4-6,9-10H,7-8,11-14H2,1-3H3,(H,21,22). The molecular formula is C19H27NO4. The van der Waals surface area contributed by atoms with Crippen LogP contribution >= 0.6 is 0 Å². The maximum absolute atomic E-state index is 12.5. The zero-order chi connectivity index (χ0) is 17.8. The Morgan fingerprint density at radius 1 is 1.25 bits per heavy atom. The summed E-state index contributed by atoms with van der Waals surface area (Å²) in [4.78, 5) is 25.9. The lowest BCUT2D eigenvalue weighted by molar-refractivity contribution is -0.150. The monoisotopic (exact) mass is 333 g/mol. The molecule has 24 heavy (non-hydrogen) atoms. The minimum Gasteiger partial charge on any atom is -0.479 e. The Morgan fingerprint density at radius 2 is 1.92 bits per heavy atom. The van der Waals surface area contributed by atoms with E-state index >= 15 is 0 Å². The Balaban J connectivity index is 2.07. The van der Waals surface area contributed by atoms with E-state index in [9.17, 15) is 14.7 Å². The van der Waals surface area contributed by atoms with E-state index in [0.29, 0.717) is 25.8 Å². The van der Waals surface area contributed by atoms with Gasteiger partial charge in [0.05, 0.1) is 0 Å². The van der Waals surface area contributed by atoms with E-state index in [1.54, 1.807) is 20.8 Å². The second-order valence-electron chi connectivity index (χ2n) is 7.41. The van der Waals surface area contributed by atoms with Crippen molar-refractivity contribution in [1.29, 1.82) is 0 Å². The highest BCUT2D eigenvalue weighted by molar-refractivity contribution is 5.85. The Kier molecular flexibility index (Phi) is 5.52. The molecule has 5 nitrogen and oxygen atoms in total. The number of carbonyl (C=O) groups excluding carboxylic acids is 1. The Labute approximate surface area is 143 Å². The second-order valence-corrected chi connectivity index (χ2v) is 7.41. The van der Waals surface area contributed by atoms with Crippen LogP contribution in [-0.4, -0.2) is 39.8 Å². The van der Waals surface area contributed by atoms with Gasteiger partial charge in [-0.25, -0.2) is 9.59 Å². The average molecular weight is 333 g/mol. The van der Waals surface area contributed by atoms with E-state index in [2.05, 4.69) is 0 Å². The van der Waals surface area contributed by atoms with Gasteiger partial charge in [-0.1, -0.05) is 30.3 Å². The second kappa shape index (κ2) is 7.24. The number of aliphatic carboxylic acids is 1. The van der Waals surface area contributed by atoms with Crippen molar-refractivity contribution in [3.63, 3.8) is 0 Å². The van der Waals surface area contributed by atoms with Crippen molar-refractivity contribution in [2.45, 2.75) is 64.0 Å². The van der Waals surface area contributed by atoms with E-state index < -0.39 is 23.2 Å². The number of hydrogen-bond acceptors (Lipinski definition) is 3. The highest BCUT2D eigenvalue weighted by Crippen LogP contribution is 2.35. The highest BCUT2D eigenvalue weighted by atomic mass is 16.6. The number of carboxylic acids is 1. The number of likely N-dealkylation sites (tertiary alicyclic amines) is 1. The SMILES string of the molecule is CC(C)(C)OC(=O)N1CCCC1(CCCc1ccccc1)C(=O)O. The summed E-state index contributed by atoms with van der Waals surface area (Å²) in [5.74, 6) is -0.932. The number of rotatable bonds is 5. The molecule has 1 unspecified atom stereocenters. The van der Waals surface area contributed by atoms with Crippen molar-refractivity contribution in [3.8, 4) is 0 Å². The van der Waals surface area contributed by atoms with E-state index in [-0.39, 0.29) is 0 Å². The van der Waals surface area contributed by atoms with E-state index in [1.807, 2.05) is 30.3 Å². The summed E-state index contributed by atoms with van der Waals surface area (Å²) < 4.78 is 5.42. The predicted molar refractivity (Wildman–Crippen MR) is 91.9 cm³/mol. The molecule has 1 fully saturated rings. The van der Waals surface area contributed by atoms with Crippen LogP contribution in [0.5, 0.6) is 0 Å². The van der Waals surface area contributed by atoms with Gasteiger partial charge in [0.15, 0.2) is 0 Å². The molecule has 0 aliphatic carbocycles. The molecule has 0 saturated carbocycles. The molecule has 1 aromatic rings.